The summed E-state index contributed by atoms with van der Waals surface area (Å²) in [6.07, 6.45) is 3.56. The van der Waals surface area contributed by atoms with Gasteiger partial charge in [0, 0.05) is 17.1 Å². The first-order valence-corrected chi connectivity index (χ1v) is 7.08. The fourth-order valence-corrected chi connectivity index (χ4v) is 2.73. The van der Waals surface area contributed by atoms with Crippen molar-refractivity contribution in [2.24, 2.45) is 5.92 Å². The Balaban J connectivity index is 1.96. The molecule has 0 amide bonds. The molecular formula is C14H20BrNO. The average molecular weight is 298 g/mol. The minimum Gasteiger partial charge on any atom is -0.381 e. The molecule has 17 heavy (non-hydrogen) atoms. The molecule has 1 saturated heterocycles. The highest BCUT2D eigenvalue weighted by atomic mass is 79.9. The molecule has 2 rings (SSSR count). The van der Waals surface area contributed by atoms with Gasteiger partial charge in [-0.3, -0.25) is 0 Å². The molecule has 0 aromatic heterocycles. The van der Waals surface area contributed by atoms with Gasteiger partial charge >= 0.3 is 0 Å². The van der Waals surface area contributed by atoms with Crippen LogP contribution >= 0.6 is 15.9 Å². The molecule has 0 saturated carbocycles. The summed E-state index contributed by atoms with van der Waals surface area (Å²) in [5.74, 6) is 0.650. The SMILES string of the molecule is CNC(Cc1ccc(Br)cc1)C1CCCOC1. The zero-order chi connectivity index (χ0) is 12.1. The summed E-state index contributed by atoms with van der Waals surface area (Å²) in [5.41, 5.74) is 1.39. The number of halogens is 1. The van der Waals surface area contributed by atoms with Gasteiger partial charge in [0.2, 0.25) is 0 Å². The van der Waals surface area contributed by atoms with Crippen LogP contribution in [0.15, 0.2) is 28.7 Å². The van der Waals surface area contributed by atoms with Crippen molar-refractivity contribution in [2.75, 3.05) is 20.3 Å². The van der Waals surface area contributed by atoms with Crippen molar-refractivity contribution in [3.63, 3.8) is 0 Å². The van der Waals surface area contributed by atoms with Crippen molar-refractivity contribution in [1.82, 2.24) is 5.32 Å². The van der Waals surface area contributed by atoms with E-state index < -0.39 is 0 Å². The summed E-state index contributed by atoms with van der Waals surface area (Å²) in [7, 11) is 2.05. The molecule has 2 atom stereocenters. The molecular weight excluding hydrogens is 278 g/mol. The van der Waals surface area contributed by atoms with Gasteiger partial charge in [0.15, 0.2) is 0 Å². The van der Waals surface area contributed by atoms with E-state index in [0.29, 0.717) is 12.0 Å². The van der Waals surface area contributed by atoms with Crippen molar-refractivity contribution < 1.29 is 4.74 Å². The number of benzene rings is 1. The number of ether oxygens (including phenoxy) is 1. The summed E-state index contributed by atoms with van der Waals surface area (Å²) in [6.45, 7) is 1.84. The van der Waals surface area contributed by atoms with Gasteiger partial charge in [-0.15, -0.1) is 0 Å². The average Bonchev–Trinajstić information content (AvgIpc) is 2.39. The van der Waals surface area contributed by atoms with E-state index in [1.54, 1.807) is 0 Å². The zero-order valence-electron chi connectivity index (χ0n) is 10.3. The Morgan fingerprint density at radius 3 is 2.76 bits per heavy atom. The lowest BCUT2D eigenvalue weighted by molar-refractivity contribution is 0.0405. The second kappa shape index (κ2) is 6.53. The minimum absolute atomic E-state index is 0.525. The number of rotatable bonds is 4. The summed E-state index contributed by atoms with van der Waals surface area (Å²) >= 11 is 3.47. The van der Waals surface area contributed by atoms with Crippen molar-refractivity contribution in [2.45, 2.75) is 25.3 Å². The quantitative estimate of drug-likeness (QED) is 0.922. The van der Waals surface area contributed by atoms with Crippen molar-refractivity contribution in [3.8, 4) is 0 Å². The monoisotopic (exact) mass is 297 g/mol. The van der Waals surface area contributed by atoms with Crippen LogP contribution < -0.4 is 5.32 Å². The molecule has 0 aliphatic carbocycles. The van der Waals surface area contributed by atoms with Crippen LogP contribution in [0.1, 0.15) is 18.4 Å². The molecule has 0 radical (unpaired) electrons. The molecule has 3 heteroatoms. The zero-order valence-corrected chi connectivity index (χ0v) is 11.9. The highest BCUT2D eigenvalue weighted by Gasteiger charge is 2.22. The van der Waals surface area contributed by atoms with E-state index in [2.05, 4.69) is 52.6 Å². The third-order valence-corrected chi connectivity index (χ3v) is 4.03. The maximum atomic E-state index is 5.57. The van der Waals surface area contributed by atoms with E-state index in [0.717, 1.165) is 24.1 Å². The maximum absolute atomic E-state index is 5.57. The summed E-state index contributed by atoms with van der Waals surface area (Å²) in [6, 6.07) is 9.13. The Hall–Kier alpha value is -0.380. The lowest BCUT2D eigenvalue weighted by atomic mass is 9.89. The minimum atomic E-state index is 0.525. The fourth-order valence-electron chi connectivity index (χ4n) is 2.46. The highest BCUT2D eigenvalue weighted by Crippen LogP contribution is 2.21. The van der Waals surface area contributed by atoms with Crippen LogP contribution in [0.5, 0.6) is 0 Å². The molecule has 1 aliphatic heterocycles. The first kappa shape index (κ1) is 13.1. The van der Waals surface area contributed by atoms with Gasteiger partial charge in [-0.25, -0.2) is 0 Å². The van der Waals surface area contributed by atoms with E-state index >= 15 is 0 Å². The van der Waals surface area contributed by atoms with Crippen molar-refractivity contribution >= 4 is 15.9 Å². The van der Waals surface area contributed by atoms with Crippen LogP contribution in [0.3, 0.4) is 0 Å². The van der Waals surface area contributed by atoms with Crippen molar-refractivity contribution in [1.29, 1.82) is 0 Å². The molecule has 0 bridgehead atoms. The van der Waals surface area contributed by atoms with Gasteiger partial charge in [0.25, 0.3) is 0 Å². The van der Waals surface area contributed by atoms with E-state index in [1.165, 1.54) is 18.4 Å². The smallest absolute Gasteiger partial charge is 0.0509 e. The highest BCUT2D eigenvalue weighted by molar-refractivity contribution is 9.10. The summed E-state index contributed by atoms with van der Waals surface area (Å²) < 4.78 is 6.72. The molecule has 1 aromatic carbocycles. The molecule has 1 heterocycles. The molecule has 1 fully saturated rings. The molecule has 94 valence electrons. The summed E-state index contributed by atoms with van der Waals surface area (Å²) in [5, 5.41) is 3.44. The predicted molar refractivity (Wildman–Crippen MR) is 74.2 cm³/mol. The van der Waals surface area contributed by atoms with Gasteiger partial charge in [-0.05, 0) is 49.9 Å². The first-order valence-electron chi connectivity index (χ1n) is 6.29. The van der Waals surface area contributed by atoms with E-state index in [4.69, 9.17) is 4.74 Å². The first-order chi connectivity index (χ1) is 8.29. The molecule has 1 N–H and O–H groups in total. The second-order valence-corrected chi connectivity index (χ2v) is 5.62. The predicted octanol–water partition coefficient (Wildman–Crippen LogP) is 3.01. The van der Waals surface area contributed by atoms with Crippen LogP contribution in [-0.4, -0.2) is 26.3 Å². The van der Waals surface area contributed by atoms with E-state index in [-0.39, 0.29) is 0 Å². The van der Waals surface area contributed by atoms with Gasteiger partial charge < -0.3 is 10.1 Å². The number of hydrogen-bond donors (Lipinski definition) is 1. The van der Waals surface area contributed by atoms with Gasteiger partial charge in [0.1, 0.15) is 0 Å². The molecule has 1 aromatic rings. The summed E-state index contributed by atoms with van der Waals surface area (Å²) in [4.78, 5) is 0. The molecule has 2 nitrogen and oxygen atoms in total. The molecule has 1 aliphatic rings. The maximum Gasteiger partial charge on any atom is 0.0509 e. The van der Waals surface area contributed by atoms with E-state index in [1.807, 2.05) is 0 Å². The topological polar surface area (TPSA) is 21.3 Å². The normalized spacial score (nSPS) is 22.4. The fraction of sp³-hybridized carbons (Fsp3) is 0.571. The van der Waals surface area contributed by atoms with Gasteiger partial charge in [-0.1, -0.05) is 28.1 Å². The number of hydrogen-bond acceptors (Lipinski definition) is 2. The largest absolute Gasteiger partial charge is 0.381 e. The number of nitrogens with one attached hydrogen (secondary N) is 1. The number of likely N-dealkylation sites (N-methyl/N-ethyl adjacent to an activating group) is 1. The van der Waals surface area contributed by atoms with Crippen LogP contribution in [0.25, 0.3) is 0 Å². The van der Waals surface area contributed by atoms with Crippen LogP contribution in [0.2, 0.25) is 0 Å². The molecule has 0 spiro atoms. The van der Waals surface area contributed by atoms with Crippen LogP contribution in [0, 0.1) is 5.92 Å². The third-order valence-electron chi connectivity index (χ3n) is 3.50. The Morgan fingerprint density at radius 2 is 2.18 bits per heavy atom. The Kier molecular flexibility index (Phi) is 5.01. The third kappa shape index (κ3) is 3.80. The lowest BCUT2D eigenvalue weighted by Crippen LogP contribution is -2.39. The Bertz CT molecular complexity index is 333. The molecule has 2 unspecified atom stereocenters. The van der Waals surface area contributed by atoms with Crippen molar-refractivity contribution in [3.05, 3.63) is 34.3 Å². The second-order valence-electron chi connectivity index (χ2n) is 4.70. The standard InChI is InChI=1S/C14H20BrNO/c1-16-14(12-3-2-8-17-10-12)9-11-4-6-13(15)7-5-11/h4-7,12,14,16H,2-3,8-10H2,1H3. The Labute approximate surface area is 112 Å². The van der Waals surface area contributed by atoms with Crippen LogP contribution in [-0.2, 0) is 11.2 Å². The van der Waals surface area contributed by atoms with Gasteiger partial charge in [-0.2, -0.15) is 0 Å². The van der Waals surface area contributed by atoms with Crippen LogP contribution in [0.4, 0.5) is 0 Å². The lowest BCUT2D eigenvalue weighted by Gasteiger charge is -2.30. The van der Waals surface area contributed by atoms with E-state index in [9.17, 15) is 0 Å². The Morgan fingerprint density at radius 1 is 1.41 bits per heavy atom. The van der Waals surface area contributed by atoms with Gasteiger partial charge in [0.05, 0.1) is 6.61 Å².